The number of rotatable bonds is 6. The molecule has 2 saturated heterocycles. The number of likely N-dealkylation sites (N-methyl/N-ethyl adjacent to an activating group) is 2. The monoisotopic (exact) mass is 452 g/mol. The van der Waals surface area contributed by atoms with Gasteiger partial charge in [0.25, 0.3) is 0 Å². The van der Waals surface area contributed by atoms with Gasteiger partial charge in [0.1, 0.15) is 12.8 Å². The maximum Gasteiger partial charge on any atom is 0.347 e. The van der Waals surface area contributed by atoms with E-state index in [4.69, 9.17) is 14.2 Å². The minimum atomic E-state index is -0.660. The molecule has 9 heteroatoms. The van der Waals surface area contributed by atoms with E-state index >= 15 is 0 Å². The highest BCUT2D eigenvalue weighted by Gasteiger charge is 2.47. The molecule has 0 aliphatic carbocycles. The Balaban J connectivity index is 1.85. The van der Waals surface area contributed by atoms with Gasteiger partial charge in [0.15, 0.2) is 5.57 Å². The molecule has 2 aliphatic rings. The van der Waals surface area contributed by atoms with E-state index in [1.165, 1.54) is 23.5 Å². The van der Waals surface area contributed by atoms with Crippen LogP contribution in [0, 0.1) is 0 Å². The summed E-state index contributed by atoms with van der Waals surface area (Å²) in [7, 11) is 5.70. The number of esters is 2. The quantitative estimate of drug-likeness (QED) is 0.280. The van der Waals surface area contributed by atoms with E-state index in [-0.39, 0.29) is 35.3 Å². The molecule has 164 valence electrons. The molecule has 3 unspecified atom stereocenters. The van der Waals surface area contributed by atoms with Crippen LogP contribution in [0.4, 0.5) is 0 Å². The molecule has 0 amide bonds. The van der Waals surface area contributed by atoms with Gasteiger partial charge in [-0.2, -0.15) is 0 Å². The number of carbonyl (C=O) groups is 2. The third kappa shape index (κ3) is 5.20. The van der Waals surface area contributed by atoms with Crippen molar-refractivity contribution in [1.82, 2.24) is 9.80 Å². The van der Waals surface area contributed by atoms with Gasteiger partial charge < -0.3 is 14.2 Å². The number of piperazine rings is 1. The molecular formula is C21H28N2O5S2. The van der Waals surface area contributed by atoms with Crippen molar-refractivity contribution in [1.29, 1.82) is 0 Å². The molecule has 2 heterocycles. The minimum absolute atomic E-state index is 0.0280. The lowest BCUT2D eigenvalue weighted by Gasteiger charge is -2.44. The van der Waals surface area contributed by atoms with Crippen molar-refractivity contribution in [2.45, 2.75) is 43.5 Å². The minimum Gasteiger partial charge on any atom is -0.459 e. The predicted octanol–water partition coefficient (Wildman–Crippen LogP) is 2.87. The van der Waals surface area contributed by atoms with E-state index in [0.29, 0.717) is 4.24 Å². The van der Waals surface area contributed by atoms with E-state index < -0.39 is 11.9 Å². The summed E-state index contributed by atoms with van der Waals surface area (Å²) in [5.74, 6) is -1.31. The van der Waals surface area contributed by atoms with Gasteiger partial charge in [-0.3, -0.25) is 9.80 Å². The number of nitrogens with zero attached hydrogens (tertiary/aromatic N) is 2. The van der Waals surface area contributed by atoms with Gasteiger partial charge >= 0.3 is 11.9 Å². The van der Waals surface area contributed by atoms with Crippen LogP contribution in [0.3, 0.4) is 0 Å². The summed E-state index contributed by atoms with van der Waals surface area (Å²) in [6.45, 7) is 4.35. The van der Waals surface area contributed by atoms with Gasteiger partial charge in [-0.25, -0.2) is 9.59 Å². The van der Waals surface area contributed by atoms with Gasteiger partial charge in [0.05, 0.1) is 21.1 Å². The lowest BCUT2D eigenvalue weighted by molar-refractivity contribution is -0.149. The maximum atomic E-state index is 13.0. The first-order chi connectivity index (χ1) is 14.3. The van der Waals surface area contributed by atoms with Crippen LogP contribution < -0.4 is 0 Å². The Morgan fingerprint density at radius 2 is 1.77 bits per heavy atom. The molecule has 0 spiro atoms. The van der Waals surface area contributed by atoms with Gasteiger partial charge in [-0.05, 0) is 33.5 Å². The van der Waals surface area contributed by atoms with Crippen molar-refractivity contribution in [3.63, 3.8) is 0 Å². The molecule has 0 bridgehead atoms. The number of thioether (sulfide) groups is 2. The third-order valence-electron chi connectivity index (χ3n) is 4.87. The lowest BCUT2D eigenvalue weighted by Crippen LogP contribution is -2.58. The van der Waals surface area contributed by atoms with E-state index in [9.17, 15) is 9.59 Å². The van der Waals surface area contributed by atoms with Crippen LogP contribution in [0.5, 0.6) is 0 Å². The Labute approximate surface area is 186 Å². The molecule has 0 N–H and O–H groups in total. The first-order valence-electron chi connectivity index (χ1n) is 9.76. The number of methoxy groups -OCH3 is 1. The van der Waals surface area contributed by atoms with Crippen molar-refractivity contribution in [2.24, 2.45) is 0 Å². The van der Waals surface area contributed by atoms with E-state index in [1.807, 2.05) is 44.4 Å². The van der Waals surface area contributed by atoms with Gasteiger partial charge in [-0.15, -0.1) is 0 Å². The number of hydrogen-bond acceptors (Lipinski definition) is 9. The summed E-state index contributed by atoms with van der Waals surface area (Å²) in [4.78, 5) is 30.1. The van der Waals surface area contributed by atoms with Gasteiger partial charge in [-0.1, -0.05) is 53.9 Å². The third-order valence-corrected chi connectivity index (χ3v) is 8.15. The van der Waals surface area contributed by atoms with E-state index in [1.54, 1.807) is 21.0 Å². The highest BCUT2D eigenvalue weighted by molar-refractivity contribution is 8.26. The molecule has 2 aliphatic heterocycles. The van der Waals surface area contributed by atoms with Crippen LogP contribution in [-0.2, 0) is 30.4 Å². The number of hydrogen-bond donors (Lipinski definition) is 0. The van der Waals surface area contributed by atoms with Crippen LogP contribution in [0.2, 0.25) is 0 Å². The zero-order valence-corrected chi connectivity index (χ0v) is 19.5. The number of benzene rings is 1. The van der Waals surface area contributed by atoms with Gasteiger partial charge in [0.2, 0.25) is 0 Å². The summed E-state index contributed by atoms with van der Waals surface area (Å²) in [6.07, 6.45) is -0.392. The van der Waals surface area contributed by atoms with Crippen LogP contribution in [0.1, 0.15) is 19.4 Å². The molecule has 1 aromatic rings. The highest BCUT2D eigenvalue weighted by atomic mass is 32.2. The van der Waals surface area contributed by atoms with Crippen LogP contribution in [0.15, 0.2) is 40.1 Å². The standard InChI is InChI=1S/C21H28N2O5S2/c1-13(2)28-20(25)16(19(24)27-12-14-9-7-6-8-10-14)21-29-17-18(30-21)23(4)15(26-5)11-22(17)3/h6-10,13,15,17-18H,11-12H2,1-5H3. The van der Waals surface area contributed by atoms with Crippen molar-refractivity contribution < 1.29 is 23.8 Å². The molecule has 2 fully saturated rings. The fourth-order valence-electron chi connectivity index (χ4n) is 3.28. The molecule has 0 saturated carbocycles. The summed E-state index contributed by atoms with van der Waals surface area (Å²) in [6, 6.07) is 9.39. The van der Waals surface area contributed by atoms with Crippen LogP contribution in [-0.4, -0.2) is 72.6 Å². The second-order valence-electron chi connectivity index (χ2n) is 7.49. The molecule has 7 nitrogen and oxygen atoms in total. The first kappa shape index (κ1) is 23.1. The molecular weight excluding hydrogens is 424 g/mol. The fourth-order valence-corrected chi connectivity index (χ4v) is 6.63. The Kier molecular flexibility index (Phi) is 7.86. The molecule has 0 aromatic heterocycles. The van der Waals surface area contributed by atoms with Crippen molar-refractivity contribution in [3.8, 4) is 0 Å². The Hall–Kier alpha value is -1.52. The van der Waals surface area contributed by atoms with E-state index in [2.05, 4.69) is 9.80 Å². The average Bonchev–Trinajstić information content (AvgIpc) is 3.15. The summed E-state index contributed by atoms with van der Waals surface area (Å²) in [5, 5.41) is 0.127. The zero-order chi connectivity index (χ0) is 21.8. The predicted molar refractivity (Wildman–Crippen MR) is 118 cm³/mol. The maximum absolute atomic E-state index is 13.0. The molecule has 1 aromatic carbocycles. The SMILES string of the molecule is COC1CN(C)C2SC(=C(C(=O)OCc3ccccc3)C(=O)OC(C)C)SC2N1C. The van der Waals surface area contributed by atoms with Crippen molar-refractivity contribution in [2.75, 3.05) is 27.7 Å². The Morgan fingerprint density at radius 3 is 2.40 bits per heavy atom. The van der Waals surface area contributed by atoms with Crippen LogP contribution >= 0.6 is 23.5 Å². The van der Waals surface area contributed by atoms with Crippen LogP contribution in [0.25, 0.3) is 0 Å². The zero-order valence-electron chi connectivity index (χ0n) is 17.9. The molecule has 0 radical (unpaired) electrons. The molecule has 30 heavy (non-hydrogen) atoms. The summed E-state index contributed by atoms with van der Waals surface area (Å²) >= 11 is 2.99. The molecule has 3 rings (SSSR count). The molecule has 3 atom stereocenters. The highest BCUT2D eigenvalue weighted by Crippen LogP contribution is 2.52. The second-order valence-corrected chi connectivity index (χ2v) is 10.0. The van der Waals surface area contributed by atoms with Gasteiger partial charge in [0, 0.05) is 13.7 Å². The Morgan fingerprint density at radius 1 is 1.10 bits per heavy atom. The second kappa shape index (κ2) is 10.2. The number of carbonyl (C=O) groups excluding carboxylic acids is 2. The topological polar surface area (TPSA) is 68.3 Å². The largest absolute Gasteiger partial charge is 0.459 e. The number of fused-ring (bicyclic) bond motifs is 1. The smallest absolute Gasteiger partial charge is 0.347 e. The summed E-state index contributed by atoms with van der Waals surface area (Å²) in [5.41, 5.74) is 0.829. The average molecular weight is 453 g/mol. The van der Waals surface area contributed by atoms with E-state index in [0.717, 1.165) is 12.1 Å². The Bertz CT molecular complexity index is 802. The fraction of sp³-hybridized carbons (Fsp3) is 0.524. The normalized spacial score (nSPS) is 26.4. The lowest BCUT2D eigenvalue weighted by atomic mass is 10.2. The number of ether oxygens (including phenoxy) is 3. The van der Waals surface area contributed by atoms with Crippen molar-refractivity contribution >= 4 is 35.5 Å². The van der Waals surface area contributed by atoms with Crippen molar-refractivity contribution in [3.05, 3.63) is 45.7 Å². The summed E-state index contributed by atoms with van der Waals surface area (Å²) < 4.78 is 17.1. The first-order valence-corrected chi connectivity index (χ1v) is 11.5.